The Hall–Kier alpha value is -3.81. The van der Waals surface area contributed by atoms with E-state index in [0.29, 0.717) is 47.2 Å². The predicted octanol–water partition coefficient (Wildman–Crippen LogP) is 3.85. The maximum Gasteiger partial charge on any atom is 0.319 e. The Kier molecular flexibility index (Phi) is 4.91. The number of nitrogens with zero attached hydrogens (tertiary/aromatic N) is 1. The Bertz CT molecular complexity index is 1120. The number of carbonyl (C=O) groups excluding carboxylic acids is 1. The topological polar surface area (TPSA) is 107 Å². The van der Waals surface area contributed by atoms with Crippen molar-refractivity contribution in [2.24, 2.45) is 5.41 Å². The van der Waals surface area contributed by atoms with Crippen molar-refractivity contribution in [1.82, 2.24) is 4.98 Å². The molecule has 2 aromatic carbocycles. The Morgan fingerprint density at radius 2 is 1.67 bits per heavy atom. The molecule has 0 spiro atoms. The number of rotatable bonds is 7. The first kappa shape index (κ1) is 19.5. The van der Waals surface area contributed by atoms with Crippen LogP contribution in [0.2, 0.25) is 0 Å². The monoisotopic (exact) mass is 408 g/mol. The largest absolute Gasteiger partial charge is 0.493 e. The van der Waals surface area contributed by atoms with Gasteiger partial charge in [-0.15, -0.1) is 0 Å². The van der Waals surface area contributed by atoms with E-state index < -0.39 is 17.3 Å². The highest BCUT2D eigenvalue weighted by Gasteiger charge is 2.57. The third kappa shape index (κ3) is 3.59. The first-order valence-corrected chi connectivity index (χ1v) is 9.31. The molecule has 1 heterocycles. The number of anilines is 1. The summed E-state index contributed by atoms with van der Waals surface area (Å²) in [5.74, 6) is 0.536. The van der Waals surface area contributed by atoms with Crippen LogP contribution in [0.4, 0.5) is 5.69 Å². The van der Waals surface area contributed by atoms with E-state index in [1.54, 1.807) is 50.6 Å². The molecule has 1 fully saturated rings. The average molecular weight is 408 g/mol. The lowest BCUT2D eigenvalue weighted by atomic mass is 10.1. The maximum atomic E-state index is 12.2. The lowest BCUT2D eigenvalue weighted by Gasteiger charge is -2.12. The number of nitrogens with one attached hydrogen (secondary N) is 1. The van der Waals surface area contributed by atoms with Crippen LogP contribution >= 0.6 is 0 Å². The van der Waals surface area contributed by atoms with Gasteiger partial charge in [-0.1, -0.05) is 0 Å². The average Bonchev–Trinajstić information content (AvgIpc) is 3.56. The van der Waals surface area contributed by atoms with E-state index in [2.05, 4.69) is 10.3 Å². The zero-order valence-corrected chi connectivity index (χ0v) is 16.5. The number of pyridine rings is 1. The van der Waals surface area contributed by atoms with Gasteiger partial charge in [0.25, 0.3) is 0 Å². The van der Waals surface area contributed by atoms with Crippen molar-refractivity contribution in [2.75, 3.05) is 19.5 Å². The van der Waals surface area contributed by atoms with E-state index in [9.17, 15) is 14.7 Å². The van der Waals surface area contributed by atoms with Crippen LogP contribution in [0.1, 0.15) is 12.8 Å². The van der Waals surface area contributed by atoms with Crippen LogP contribution in [0, 0.1) is 5.41 Å². The molecular weight excluding hydrogens is 388 g/mol. The van der Waals surface area contributed by atoms with Gasteiger partial charge in [0.15, 0.2) is 11.5 Å². The van der Waals surface area contributed by atoms with E-state index in [0.717, 1.165) is 5.39 Å². The van der Waals surface area contributed by atoms with Crippen LogP contribution in [-0.2, 0) is 9.59 Å². The van der Waals surface area contributed by atoms with Gasteiger partial charge in [0.05, 0.1) is 19.7 Å². The summed E-state index contributed by atoms with van der Waals surface area (Å²) < 4.78 is 16.4. The van der Waals surface area contributed by atoms with E-state index in [4.69, 9.17) is 14.2 Å². The molecule has 1 saturated carbocycles. The number of aliphatic carboxylic acids is 1. The van der Waals surface area contributed by atoms with Crippen molar-refractivity contribution in [3.05, 3.63) is 48.5 Å². The van der Waals surface area contributed by atoms with E-state index in [1.165, 1.54) is 0 Å². The number of carbonyl (C=O) groups is 2. The molecule has 0 radical (unpaired) electrons. The second kappa shape index (κ2) is 7.55. The van der Waals surface area contributed by atoms with Crippen LogP contribution in [0.25, 0.3) is 10.9 Å². The SMILES string of the molecule is COc1cc2ccc(Oc3ccc(NC(=O)C4(C(=O)O)CC4)cc3)nc2cc1OC. The minimum atomic E-state index is -1.28. The first-order valence-electron chi connectivity index (χ1n) is 9.31. The molecule has 1 amide bonds. The van der Waals surface area contributed by atoms with Crippen LogP contribution in [0.3, 0.4) is 0 Å². The number of hydrogen-bond donors (Lipinski definition) is 2. The maximum absolute atomic E-state index is 12.2. The zero-order chi connectivity index (χ0) is 21.3. The van der Waals surface area contributed by atoms with Crippen molar-refractivity contribution in [1.29, 1.82) is 0 Å². The number of methoxy groups -OCH3 is 2. The summed E-state index contributed by atoms with van der Waals surface area (Å²) in [5, 5.41) is 12.7. The Labute approximate surface area is 172 Å². The van der Waals surface area contributed by atoms with Crippen LogP contribution < -0.4 is 19.5 Å². The van der Waals surface area contributed by atoms with Gasteiger partial charge in [-0.05, 0) is 49.2 Å². The molecule has 1 aliphatic carbocycles. The fourth-order valence-electron chi connectivity index (χ4n) is 3.13. The molecule has 0 saturated heterocycles. The molecule has 8 heteroatoms. The van der Waals surface area contributed by atoms with Crippen molar-refractivity contribution < 1.29 is 28.9 Å². The summed E-state index contributed by atoms with van der Waals surface area (Å²) in [6.07, 6.45) is 0.722. The first-order chi connectivity index (χ1) is 14.4. The van der Waals surface area contributed by atoms with Crippen molar-refractivity contribution >= 4 is 28.5 Å². The number of fused-ring (bicyclic) bond motifs is 1. The van der Waals surface area contributed by atoms with Crippen molar-refractivity contribution in [3.8, 4) is 23.1 Å². The summed E-state index contributed by atoms with van der Waals surface area (Å²) in [6.45, 7) is 0. The van der Waals surface area contributed by atoms with E-state index >= 15 is 0 Å². The molecule has 8 nitrogen and oxygen atoms in total. The molecular formula is C22H20N2O6. The van der Waals surface area contributed by atoms with Gasteiger partial charge in [-0.25, -0.2) is 4.98 Å². The van der Waals surface area contributed by atoms with Crippen molar-refractivity contribution in [2.45, 2.75) is 12.8 Å². The summed E-state index contributed by atoms with van der Waals surface area (Å²) in [5.41, 5.74) is -0.0888. The molecule has 4 rings (SSSR count). The third-order valence-corrected chi connectivity index (χ3v) is 5.10. The Morgan fingerprint density at radius 1 is 1.00 bits per heavy atom. The van der Waals surface area contributed by atoms with Crippen LogP contribution in [0.5, 0.6) is 23.1 Å². The highest BCUT2D eigenvalue weighted by atomic mass is 16.5. The summed E-state index contributed by atoms with van der Waals surface area (Å²) in [7, 11) is 3.14. The summed E-state index contributed by atoms with van der Waals surface area (Å²) >= 11 is 0. The standard InChI is InChI=1S/C22H20N2O6/c1-28-17-11-13-3-8-19(24-16(13)12-18(17)29-2)30-15-6-4-14(5-7-15)23-20(25)22(9-10-22)21(26)27/h3-8,11-12H,9-10H2,1-2H3,(H,23,25)(H,26,27). The second-order valence-electron chi connectivity index (χ2n) is 7.02. The minimum absolute atomic E-state index is 0.361. The number of carboxylic acids is 1. The van der Waals surface area contributed by atoms with Gasteiger partial charge in [0.2, 0.25) is 11.8 Å². The number of amides is 1. The Morgan fingerprint density at radius 3 is 2.27 bits per heavy atom. The third-order valence-electron chi connectivity index (χ3n) is 5.10. The van der Waals surface area contributed by atoms with Gasteiger partial charge in [0, 0.05) is 23.2 Å². The Balaban J connectivity index is 1.48. The fraction of sp³-hybridized carbons (Fsp3) is 0.227. The van der Waals surface area contributed by atoms with Gasteiger partial charge < -0.3 is 24.6 Å². The second-order valence-corrected chi connectivity index (χ2v) is 7.02. The molecule has 0 unspecified atom stereocenters. The predicted molar refractivity (Wildman–Crippen MR) is 109 cm³/mol. The van der Waals surface area contributed by atoms with E-state index in [1.807, 2.05) is 12.1 Å². The molecule has 0 atom stereocenters. The lowest BCUT2D eigenvalue weighted by Crippen LogP contribution is -2.31. The molecule has 3 aromatic rings. The van der Waals surface area contributed by atoms with Gasteiger partial charge in [-0.2, -0.15) is 0 Å². The molecule has 30 heavy (non-hydrogen) atoms. The molecule has 1 aromatic heterocycles. The molecule has 0 aliphatic heterocycles. The molecule has 0 bridgehead atoms. The van der Waals surface area contributed by atoms with Gasteiger partial charge in [-0.3, -0.25) is 9.59 Å². The van der Waals surface area contributed by atoms with Gasteiger partial charge in [0.1, 0.15) is 11.2 Å². The number of benzene rings is 2. The smallest absolute Gasteiger partial charge is 0.319 e. The molecule has 154 valence electrons. The lowest BCUT2D eigenvalue weighted by molar-refractivity contribution is -0.147. The van der Waals surface area contributed by atoms with Crippen LogP contribution in [0.15, 0.2) is 48.5 Å². The highest BCUT2D eigenvalue weighted by molar-refractivity contribution is 6.10. The highest BCUT2D eigenvalue weighted by Crippen LogP contribution is 2.46. The van der Waals surface area contributed by atoms with Crippen LogP contribution in [-0.4, -0.2) is 36.2 Å². The van der Waals surface area contributed by atoms with E-state index in [-0.39, 0.29) is 0 Å². The number of ether oxygens (including phenoxy) is 3. The fourth-order valence-corrected chi connectivity index (χ4v) is 3.13. The summed E-state index contributed by atoms with van der Waals surface area (Å²) in [4.78, 5) is 27.9. The summed E-state index contributed by atoms with van der Waals surface area (Å²) in [6, 6.07) is 13.9. The number of aromatic nitrogens is 1. The molecule has 2 N–H and O–H groups in total. The normalized spacial score (nSPS) is 14.1. The van der Waals surface area contributed by atoms with Crippen molar-refractivity contribution in [3.63, 3.8) is 0 Å². The van der Waals surface area contributed by atoms with Gasteiger partial charge >= 0.3 is 5.97 Å². The molecule has 1 aliphatic rings. The minimum Gasteiger partial charge on any atom is -0.493 e. The number of carboxylic acid groups (broad SMARTS) is 1. The quantitative estimate of drug-likeness (QED) is 0.572. The number of hydrogen-bond acceptors (Lipinski definition) is 6. The zero-order valence-electron chi connectivity index (χ0n) is 16.5.